The highest BCUT2D eigenvalue weighted by Gasteiger charge is 2.37. The van der Waals surface area contributed by atoms with E-state index in [-0.39, 0.29) is 11.3 Å². The van der Waals surface area contributed by atoms with Gasteiger partial charge in [-0.3, -0.25) is 4.79 Å². The number of hydrogen-bond donors (Lipinski definition) is 1. The smallest absolute Gasteiger partial charge is 0.267 e. The summed E-state index contributed by atoms with van der Waals surface area (Å²) in [4.78, 5) is 15.9. The maximum absolute atomic E-state index is 11.8. The van der Waals surface area contributed by atoms with Gasteiger partial charge in [-0.15, -0.1) is 6.42 Å². The standard InChI is InChI=1S/C13H14N2O2/c1-5-8-6-9-11(14-7-8)15-12(16)10(17-9)13(2,3)4/h1,6-7,10H,2-4H3,(H,14,15,16). The molecule has 2 rings (SSSR count). The lowest BCUT2D eigenvalue weighted by Gasteiger charge is -2.33. The van der Waals surface area contributed by atoms with E-state index in [9.17, 15) is 4.79 Å². The van der Waals surface area contributed by atoms with Gasteiger partial charge >= 0.3 is 0 Å². The summed E-state index contributed by atoms with van der Waals surface area (Å²) in [7, 11) is 0. The van der Waals surface area contributed by atoms with E-state index in [0.29, 0.717) is 17.1 Å². The molecule has 0 aromatic carbocycles. The van der Waals surface area contributed by atoms with Gasteiger partial charge < -0.3 is 10.1 Å². The molecule has 1 aromatic heterocycles. The van der Waals surface area contributed by atoms with Crippen LogP contribution in [0.25, 0.3) is 0 Å². The molecule has 1 atom stereocenters. The number of carbonyl (C=O) groups is 1. The summed E-state index contributed by atoms with van der Waals surface area (Å²) in [6.07, 6.45) is 6.29. The second-order valence-corrected chi connectivity index (χ2v) is 5.07. The van der Waals surface area contributed by atoms with E-state index >= 15 is 0 Å². The summed E-state index contributed by atoms with van der Waals surface area (Å²) in [5.41, 5.74) is 0.348. The van der Waals surface area contributed by atoms with E-state index in [1.54, 1.807) is 6.07 Å². The molecule has 4 heteroatoms. The molecule has 0 saturated heterocycles. The molecule has 0 saturated carbocycles. The first kappa shape index (κ1) is 11.5. The van der Waals surface area contributed by atoms with E-state index < -0.39 is 6.10 Å². The van der Waals surface area contributed by atoms with Gasteiger partial charge in [0.1, 0.15) is 0 Å². The minimum absolute atomic E-state index is 0.175. The first-order valence-electron chi connectivity index (χ1n) is 5.36. The molecule has 1 amide bonds. The monoisotopic (exact) mass is 230 g/mol. The molecule has 1 N–H and O–H groups in total. The summed E-state index contributed by atoms with van der Waals surface area (Å²) in [5.74, 6) is 3.26. The number of pyridine rings is 1. The van der Waals surface area contributed by atoms with Crippen LogP contribution in [0.5, 0.6) is 5.75 Å². The fourth-order valence-electron chi connectivity index (χ4n) is 1.64. The first-order chi connectivity index (χ1) is 7.91. The van der Waals surface area contributed by atoms with Crippen LogP contribution in [0.3, 0.4) is 0 Å². The highest BCUT2D eigenvalue weighted by molar-refractivity contribution is 5.97. The molecule has 1 aliphatic heterocycles. The third-order valence-corrected chi connectivity index (χ3v) is 2.53. The number of nitrogens with one attached hydrogen (secondary N) is 1. The third kappa shape index (κ3) is 2.09. The van der Waals surface area contributed by atoms with Crippen LogP contribution in [0.1, 0.15) is 26.3 Å². The number of rotatable bonds is 0. The van der Waals surface area contributed by atoms with E-state index in [1.165, 1.54) is 6.20 Å². The molecule has 0 bridgehead atoms. The van der Waals surface area contributed by atoms with E-state index in [1.807, 2.05) is 20.8 Å². The summed E-state index contributed by atoms with van der Waals surface area (Å²) in [5, 5.41) is 2.72. The Labute approximate surface area is 100 Å². The van der Waals surface area contributed by atoms with Crippen molar-refractivity contribution in [2.24, 2.45) is 5.41 Å². The maximum Gasteiger partial charge on any atom is 0.267 e. The molecule has 0 aliphatic carbocycles. The van der Waals surface area contributed by atoms with Gasteiger partial charge in [0.05, 0.1) is 0 Å². The number of hydrogen-bond acceptors (Lipinski definition) is 3. The van der Waals surface area contributed by atoms with Gasteiger partial charge in [0.25, 0.3) is 5.91 Å². The maximum atomic E-state index is 11.8. The quantitative estimate of drug-likeness (QED) is 0.691. The van der Waals surface area contributed by atoms with Gasteiger partial charge in [-0.25, -0.2) is 4.98 Å². The highest BCUT2D eigenvalue weighted by atomic mass is 16.5. The van der Waals surface area contributed by atoms with Crippen LogP contribution in [0.2, 0.25) is 0 Å². The molecular formula is C13H14N2O2. The predicted molar refractivity (Wildman–Crippen MR) is 64.7 cm³/mol. The molecular weight excluding hydrogens is 216 g/mol. The van der Waals surface area contributed by atoms with Crippen LogP contribution in [0.4, 0.5) is 5.82 Å². The van der Waals surface area contributed by atoms with Gasteiger partial charge in [-0.2, -0.15) is 0 Å². The first-order valence-corrected chi connectivity index (χ1v) is 5.36. The second kappa shape index (κ2) is 3.77. The molecule has 4 nitrogen and oxygen atoms in total. The Morgan fingerprint density at radius 1 is 1.53 bits per heavy atom. The van der Waals surface area contributed by atoms with E-state index in [0.717, 1.165) is 0 Å². The Balaban J connectivity index is 2.39. The number of amides is 1. The summed E-state index contributed by atoms with van der Waals surface area (Å²) in [6, 6.07) is 1.71. The Hall–Kier alpha value is -2.02. The normalized spacial score (nSPS) is 18.7. The average molecular weight is 230 g/mol. The number of anilines is 1. The second-order valence-electron chi connectivity index (χ2n) is 5.07. The fraction of sp³-hybridized carbons (Fsp3) is 0.385. The Kier molecular flexibility index (Phi) is 2.55. The SMILES string of the molecule is C#Cc1cnc2c(c1)OC(C(C)(C)C)C(=O)N2. The number of nitrogens with zero attached hydrogens (tertiary/aromatic N) is 1. The van der Waals surface area contributed by atoms with Crippen molar-refractivity contribution in [2.75, 3.05) is 5.32 Å². The zero-order chi connectivity index (χ0) is 12.6. The van der Waals surface area contributed by atoms with Crippen LogP contribution >= 0.6 is 0 Å². The van der Waals surface area contributed by atoms with Crippen molar-refractivity contribution < 1.29 is 9.53 Å². The van der Waals surface area contributed by atoms with Gasteiger partial charge in [-0.05, 0) is 0 Å². The number of carbonyl (C=O) groups excluding carboxylic acids is 1. The van der Waals surface area contributed by atoms with Crippen LogP contribution in [0, 0.1) is 17.8 Å². The van der Waals surface area contributed by atoms with Crippen LogP contribution in [-0.4, -0.2) is 17.0 Å². The van der Waals surface area contributed by atoms with Crippen molar-refractivity contribution in [2.45, 2.75) is 26.9 Å². The van der Waals surface area contributed by atoms with Gasteiger partial charge in [-0.1, -0.05) is 26.7 Å². The number of terminal acetylenes is 1. The molecule has 0 spiro atoms. The minimum Gasteiger partial charge on any atom is -0.476 e. The summed E-state index contributed by atoms with van der Waals surface area (Å²) >= 11 is 0. The van der Waals surface area contributed by atoms with Gasteiger partial charge in [0, 0.05) is 23.2 Å². The molecule has 2 heterocycles. The predicted octanol–water partition coefficient (Wildman–Crippen LogP) is 1.81. The third-order valence-electron chi connectivity index (χ3n) is 2.53. The number of fused-ring (bicyclic) bond motifs is 1. The average Bonchev–Trinajstić information content (AvgIpc) is 2.26. The van der Waals surface area contributed by atoms with Crippen molar-refractivity contribution >= 4 is 11.7 Å². The molecule has 0 radical (unpaired) electrons. The molecule has 1 aromatic rings. The van der Waals surface area contributed by atoms with Crippen LogP contribution in [-0.2, 0) is 4.79 Å². The van der Waals surface area contributed by atoms with Gasteiger partial charge in [0.15, 0.2) is 17.7 Å². The van der Waals surface area contributed by atoms with Crippen molar-refractivity contribution in [1.82, 2.24) is 4.98 Å². The van der Waals surface area contributed by atoms with Crippen molar-refractivity contribution in [1.29, 1.82) is 0 Å². The molecule has 1 aliphatic rings. The lowest BCUT2D eigenvalue weighted by atomic mass is 9.88. The van der Waals surface area contributed by atoms with Crippen molar-refractivity contribution in [3.05, 3.63) is 17.8 Å². The molecule has 0 fully saturated rings. The number of ether oxygens (including phenoxy) is 1. The highest BCUT2D eigenvalue weighted by Crippen LogP contribution is 2.33. The van der Waals surface area contributed by atoms with Crippen LogP contribution < -0.4 is 10.1 Å². The fourth-order valence-corrected chi connectivity index (χ4v) is 1.64. The molecule has 88 valence electrons. The zero-order valence-corrected chi connectivity index (χ0v) is 10.1. The van der Waals surface area contributed by atoms with E-state index in [4.69, 9.17) is 11.2 Å². The lowest BCUT2D eigenvalue weighted by Crippen LogP contribution is -2.45. The Bertz CT molecular complexity index is 509. The Morgan fingerprint density at radius 3 is 2.82 bits per heavy atom. The van der Waals surface area contributed by atoms with Gasteiger partial charge in [0.2, 0.25) is 0 Å². The van der Waals surface area contributed by atoms with Crippen molar-refractivity contribution in [3.8, 4) is 18.1 Å². The largest absolute Gasteiger partial charge is 0.476 e. The minimum atomic E-state index is -0.537. The lowest BCUT2D eigenvalue weighted by molar-refractivity contribution is -0.128. The Morgan fingerprint density at radius 2 is 2.24 bits per heavy atom. The topological polar surface area (TPSA) is 51.2 Å². The summed E-state index contributed by atoms with van der Waals surface area (Å²) in [6.45, 7) is 5.84. The number of aromatic nitrogens is 1. The zero-order valence-electron chi connectivity index (χ0n) is 10.1. The summed E-state index contributed by atoms with van der Waals surface area (Å²) < 4.78 is 5.68. The van der Waals surface area contributed by atoms with E-state index in [2.05, 4.69) is 16.2 Å². The van der Waals surface area contributed by atoms with Crippen molar-refractivity contribution in [3.63, 3.8) is 0 Å². The molecule has 17 heavy (non-hydrogen) atoms. The molecule has 1 unspecified atom stereocenters. The van der Waals surface area contributed by atoms with Crippen LogP contribution in [0.15, 0.2) is 12.3 Å².